The minimum Gasteiger partial charge on any atom is -0.396 e. The van der Waals surface area contributed by atoms with E-state index in [4.69, 9.17) is 5.73 Å². The van der Waals surface area contributed by atoms with Crippen LogP contribution in [0.15, 0.2) is 48.7 Å². The second-order valence-electron chi connectivity index (χ2n) is 4.46. The summed E-state index contributed by atoms with van der Waals surface area (Å²) in [5, 5.41) is 0. The van der Waals surface area contributed by atoms with Crippen LogP contribution >= 0.6 is 0 Å². The van der Waals surface area contributed by atoms with Crippen molar-refractivity contribution in [2.45, 2.75) is 13.3 Å². The van der Waals surface area contributed by atoms with Crippen LogP contribution in [-0.4, -0.2) is 9.38 Å². The molecule has 3 aromatic rings. The van der Waals surface area contributed by atoms with Crippen molar-refractivity contribution in [1.82, 2.24) is 9.38 Å². The van der Waals surface area contributed by atoms with Crippen LogP contribution in [0.5, 0.6) is 0 Å². The number of aryl methyl sites for hydroxylation is 1. The second-order valence-corrected chi connectivity index (χ2v) is 4.46. The van der Waals surface area contributed by atoms with Gasteiger partial charge in [0.1, 0.15) is 0 Å². The topological polar surface area (TPSA) is 43.3 Å². The molecule has 2 N–H and O–H groups in total. The first-order valence-electron chi connectivity index (χ1n) is 6.01. The Bertz CT molecular complexity index is 684. The normalized spacial score (nSPS) is 10.9. The number of benzene rings is 1. The van der Waals surface area contributed by atoms with Crippen LogP contribution in [0.2, 0.25) is 0 Å². The molecule has 0 bridgehead atoms. The van der Waals surface area contributed by atoms with Gasteiger partial charge in [0.15, 0.2) is 5.65 Å². The average Bonchev–Trinajstić information content (AvgIpc) is 2.70. The fourth-order valence-electron chi connectivity index (χ4n) is 2.25. The Labute approximate surface area is 106 Å². The van der Waals surface area contributed by atoms with Crippen molar-refractivity contribution in [1.29, 1.82) is 0 Å². The summed E-state index contributed by atoms with van der Waals surface area (Å²) in [5.74, 6) is 0. The van der Waals surface area contributed by atoms with E-state index in [1.165, 1.54) is 11.3 Å². The van der Waals surface area contributed by atoms with Crippen molar-refractivity contribution < 1.29 is 0 Å². The number of nitrogen functional groups attached to an aromatic ring is 1. The Morgan fingerprint density at radius 3 is 2.67 bits per heavy atom. The molecule has 0 fully saturated rings. The number of rotatable bonds is 2. The number of nitrogens with zero attached hydrogens (tertiary/aromatic N) is 2. The molecule has 0 aliphatic carbocycles. The zero-order chi connectivity index (χ0) is 12.5. The maximum Gasteiger partial charge on any atom is 0.160 e. The van der Waals surface area contributed by atoms with Crippen LogP contribution in [0.4, 0.5) is 5.69 Å². The van der Waals surface area contributed by atoms with Crippen LogP contribution in [0.3, 0.4) is 0 Å². The molecule has 0 aliphatic rings. The van der Waals surface area contributed by atoms with Crippen LogP contribution in [0.25, 0.3) is 5.65 Å². The van der Waals surface area contributed by atoms with Gasteiger partial charge in [-0.2, -0.15) is 0 Å². The number of hydrogen-bond donors (Lipinski definition) is 1. The summed E-state index contributed by atoms with van der Waals surface area (Å²) in [6, 6.07) is 14.2. The Balaban J connectivity index is 2.12. The molecule has 0 saturated carbocycles. The number of hydrogen-bond acceptors (Lipinski definition) is 2. The minimum atomic E-state index is 0.722. The highest BCUT2D eigenvalue weighted by atomic mass is 15.0. The molecule has 0 spiro atoms. The quantitative estimate of drug-likeness (QED) is 0.744. The Kier molecular flexibility index (Phi) is 2.52. The molecule has 90 valence electrons. The first-order chi connectivity index (χ1) is 8.75. The van der Waals surface area contributed by atoms with E-state index >= 15 is 0 Å². The lowest BCUT2D eigenvalue weighted by Crippen LogP contribution is -1.97. The predicted molar refractivity (Wildman–Crippen MR) is 73.6 cm³/mol. The van der Waals surface area contributed by atoms with Gasteiger partial charge in [-0.15, -0.1) is 0 Å². The van der Waals surface area contributed by atoms with Gasteiger partial charge in [0.25, 0.3) is 0 Å². The van der Waals surface area contributed by atoms with E-state index in [1.807, 2.05) is 31.3 Å². The highest BCUT2D eigenvalue weighted by Crippen LogP contribution is 2.19. The third kappa shape index (κ3) is 1.74. The number of pyridine rings is 1. The van der Waals surface area contributed by atoms with E-state index in [1.54, 1.807) is 0 Å². The number of fused-ring (bicyclic) bond motifs is 1. The highest BCUT2D eigenvalue weighted by Gasteiger charge is 2.10. The van der Waals surface area contributed by atoms with Gasteiger partial charge in [0, 0.05) is 18.3 Å². The van der Waals surface area contributed by atoms with Crippen molar-refractivity contribution in [3.63, 3.8) is 0 Å². The molecular formula is C15H15N3. The molecule has 18 heavy (non-hydrogen) atoms. The molecular weight excluding hydrogens is 222 g/mol. The molecule has 0 saturated heterocycles. The van der Waals surface area contributed by atoms with E-state index < -0.39 is 0 Å². The largest absolute Gasteiger partial charge is 0.396 e. The molecule has 0 amide bonds. The molecule has 0 unspecified atom stereocenters. The van der Waals surface area contributed by atoms with E-state index in [0.29, 0.717) is 0 Å². The summed E-state index contributed by atoms with van der Waals surface area (Å²) >= 11 is 0. The second kappa shape index (κ2) is 4.18. The summed E-state index contributed by atoms with van der Waals surface area (Å²) in [4.78, 5) is 4.55. The number of aromatic nitrogens is 2. The molecule has 2 aromatic heterocycles. The maximum absolute atomic E-state index is 5.95. The third-order valence-electron chi connectivity index (χ3n) is 3.19. The van der Waals surface area contributed by atoms with E-state index in [0.717, 1.165) is 23.4 Å². The molecule has 0 atom stereocenters. The monoisotopic (exact) mass is 237 g/mol. The Hall–Kier alpha value is -2.29. The lowest BCUT2D eigenvalue weighted by atomic mass is 10.1. The van der Waals surface area contributed by atoms with Crippen molar-refractivity contribution in [3.8, 4) is 0 Å². The van der Waals surface area contributed by atoms with E-state index in [2.05, 4.69) is 33.7 Å². The standard InChI is InChI=1S/C15H15N3/c1-11-14(10-12-6-3-2-4-7-12)18-9-5-8-13(16)15(18)17-11/h2-9H,10,16H2,1H3. The van der Waals surface area contributed by atoms with E-state index in [9.17, 15) is 0 Å². The van der Waals surface area contributed by atoms with Gasteiger partial charge < -0.3 is 10.1 Å². The number of imidazole rings is 1. The first kappa shape index (κ1) is 10.8. The highest BCUT2D eigenvalue weighted by molar-refractivity contribution is 5.65. The molecule has 3 rings (SSSR count). The summed E-state index contributed by atoms with van der Waals surface area (Å²) in [7, 11) is 0. The van der Waals surface area contributed by atoms with Gasteiger partial charge in [-0.25, -0.2) is 4.98 Å². The lowest BCUT2D eigenvalue weighted by Gasteiger charge is -2.04. The molecule has 0 aliphatic heterocycles. The van der Waals surface area contributed by atoms with Crippen LogP contribution in [0.1, 0.15) is 17.0 Å². The van der Waals surface area contributed by atoms with Crippen molar-refractivity contribution in [2.24, 2.45) is 0 Å². The van der Waals surface area contributed by atoms with E-state index in [-0.39, 0.29) is 0 Å². The van der Waals surface area contributed by atoms with Gasteiger partial charge in [-0.3, -0.25) is 0 Å². The van der Waals surface area contributed by atoms with Crippen LogP contribution < -0.4 is 5.73 Å². The van der Waals surface area contributed by atoms with Crippen molar-refractivity contribution in [3.05, 3.63) is 65.6 Å². The molecule has 0 radical (unpaired) electrons. The van der Waals surface area contributed by atoms with Crippen molar-refractivity contribution in [2.75, 3.05) is 5.73 Å². The number of nitrogens with two attached hydrogens (primary N) is 1. The SMILES string of the molecule is Cc1nc2c(N)cccn2c1Cc1ccccc1. The smallest absolute Gasteiger partial charge is 0.160 e. The van der Waals surface area contributed by atoms with Gasteiger partial charge in [-0.05, 0) is 24.6 Å². The van der Waals surface area contributed by atoms with Gasteiger partial charge in [0.05, 0.1) is 11.4 Å². The zero-order valence-electron chi connectivity index (χ0n) is 10.3. The predicted octanol–water partition coefficient (Wildman–Crippen LogP) is 2.82. The average molecular weight is 237 g/mol. The van der Waals surface area contributed by atoms with Crippen LogP contribution in [-0.2, 0) is 6.42 Å². The summed E-state index contributed by atoms with van der Waals surface area (Å²) in [5.41, 5.74) is 11.0. The zero-order valence-corrected chi connectivity index (χ0v) is 10.3. The fourth-order valence-corrected chi connectivity index (χ4v) is 2.25. The summed E-state index contributed by atoms with van der Waals surface area (Å²) < 4.78 is 2.08. The van der Waals surface area contributed by atoms with Gasteiger partial charge in [-0.1, -0.05) is 30.3 Å². The van der Waals surface area contributed by atoms with Gasteiger partial charge >= 0.3 is 0 Å². The third-order valence-corrected chi connectivity index (χ3v) is 3.19. The Morgan fingerprint density at radius 2 is 1.89 bits per heavy atom. The molecule has 3 nitrogen and oxygen atoms in total. The molecule has 2 heterocycles. The van der Waals surface area contributed by atoms with Gasteiger partial charge in [0.2, 0.25) is 0 Å². The van der Waals surface area contributed by atoms with Crippen molar-refractivity contribution >= 4 is 11.3 Å². The molecule has 3 heteroatoms. The summed E-state index contributed by atoms with van der Waals surface area (Å²) in [6.07, 6.45) is 2.89. The maximum atomic E-state index is 5.95. The fraction of sp³-hybridized carbons (Fsp3) is 0.133. The molecule has 1 aromatic carbocycles. The summed E-state index contributed by atoms with van der Waals surface area (Å²) in [6.45, 7) is 2.03. The lowest BCUT2D eigenvalue weighted by molar-refractivity contribution is 1.01. The van der Waals surface area contributed by atoms with Crippen LogP contribution in [0, 0.1) is 6.92 Å². The first-order valence-corrected chi connectivity index (χ1v) is 6.01. The Morgan fingerprint density at radius 1 is 1.11 bits per heavy atom. The number of anilines is 1. The minimum absolute atomic E-state index is 0.722.